The van der Waals surface area contributed by atoms with Crippen LogP contribution < -0.4 is 4.90 Å². The molecule has 0 amide bonds. The molecule has 0 aromatic heterocycles. The van der Waals surface area contributed by atoms with Crippen molar-refractivity contribution in [3.05, 3.63) is 35.4 Å². The second-order valence-corrected chi connectivity index (χ2v) is 5.39. The first-order valence-corrected chi connectivity index (χ1v) is 6.79. The molecule has 0 heterocycles. The van der Waals surface area contributed by atoms with Gasteiger partial charge in [0.15, 0.2) is 0 Å². The minimum Gasteiger partial charge on any atom is -0.478 e. The summed E-state index contributed by atoms with van der Waals surface area (Å²) in [6.45, 7) is 3.13. The zero-order valence-electron chi connectivity index (χ0n) is 11.6. The molecule has 0 unspecified atom stereocenters. The maximum Gasteiger partial charge on any atom is 0.328 e. The van der Waals surface area contributed by atoms with Crippen LogP contribution in [0.25, 0.3) is 6.08 Å². The van der Waals surface area contributed by atoms with Crippen LogP contribution in [0.1, 0.15) is 30.4 Å². The van der Waals surface area contributed by atoms with Gasteiger partial charge in [-0.3, -0.25) is 0 Å². The molecule has 0 bridgehead atoms. The van der Waals surface area contributed by atoms with Crippen LogP contribution in [0.5, 0.6) is 0 Å². The van der Waals surface area contributed by atoms with E-state index in [-0.39, 0.29) is 0 Å². The van der Waals surface area contributed by atoms with Crippen LogP contribution in [0.15, 0.2) is 24.3 Å². The molecule has 1 N–H and O–H groups in total. The van der Waals surface area contributed by atoms with Crippen LogP contribution >= 0.6 is 0 Å². The van der Waals surface area contributed by atoms with Crippen LogP contribution in [-0.4, -0.2) is 24.7 Å². The van der Waals surface area contributed by atoms with Gasteiger partial charge in [-0.2, -0.15) is 0 Å². The monoisotopic (exact) mass is 259 g/mol. The van der Waals surface area contributed by atoms with E-state index in [0.29, 0.717) is 0 Å². The number of rotatable bonds is 5. The number of hydrogen-bond acceptors (Lipinski definition) is 2. The van der Waals surface area contributed by atoms with Gasteiger partial charge in [-0.05, 0) is 55.0 Å². The van der Waals surface area contributed by atoms with E-state index in [1.807, 2.05) is 13.0 Å². The van der Waals surface area contributed by atoms with E-state index < -0.39 is 5.97 Å². The van der Waals surface area contributed by atoms with Crippen molar-refractivity contribution in [2.45, 2.75) is 26.2 Å². The molecule has 2 rings (SSSR count). The predicted octanol–water partition coefficient (Wildman–Crippen LogP) is 3.33. The normalized spacial score (nSPS) is 15.5. The second kappa shape index (κ2) is 5.91. The summed E-state index contributed by atoms with van der Waals surface area (Å²) in [5.41, 5.74) is 3.27. The van der Waals surface area contributed by atoms with Crippen LogP contribution in [0, 0.1) is 12.8 Å². The van der Waals surface area contributed by atoms with E-state index in [4.69, 9.17) is 5.11 Å². The maximum absolute atomic E-state index is 10.5. The van der Waals surface area contributed by atoms with Crippen molar-refractivity contribution in [2.75, 3.05) is 18.5 Å². The summed E-state index contributed by atoms with van der Waals surface area (Å²) in [5.74, 6) is -0.0672. The third-order valence-electron chi connectivity index (χ3n) is 3.86. The van der Waals surface area contributed by atoms with E-state index in [1.165, 1.54) is 31.0 Å². The lowest BCUT2D eigenvalue weighted by atomic mass is 9.85. The Balaban J connectivity index is 2.06. The predicted molar refractivity (Wildman–Crippen MR) is 78.5 cm³/mol. The van der Waals surface area contributed by atoms with Crippen LogP contribution in [0.4, 0.5) is 5.69 Å². The Morgan fingerprint density at radius 2 is 2.21 bits per heavy atom. The molecule has 3 nitrogen and oxygen atoms in total. The number of carboxylic acids is 1. The van der Waals surface area contributed by atoms with Crippen LogP contribution in [0.2, 0.25) is 0 Å². The summed E-state index contributed by atoms with van der Waals surface area (Å²) < 4.78 is 0. The fraction of sp³-hybridized carbons (Fsp3) is 0.438. The molecule has 0 spiro atoms. The molecule has 1 fully saturated rings. The first-order chi connectivity index (χ1) is 9.06. The minimum atomic E-state index is -0.912. The van der Waals surface area contributed by atoms with E-state index >= 15 is 0 Å². The summed E-state index contributed by atoms with van der Waals surface area (Å²) in [5, 5.41) is 8.65. The third kappa shape index (κ3) is 3.60. The van der Waals surface area contributed by atoms with Gasteiger partial charge in [0.05, 0.1) is 0 Å². The van der Waals surface area contributed by atoms with E-state index in [0.717, 1.165) is 23.6 Å². The summed E-state index contributed by atoms with van der Waals surface area (Å²) >= 11 is 0. The molecule has 102 valence electrons. The summed E-state index contributed by atoms with van der Waals surface area (Å²) in [6, 6.07) is 6.18. The van der Waals surface area contributed by atoms with Gasteiger partial charge < -0.3 is 10.0 Å². The summed E-state index contributed by atoms with van der Waals surface area (Å²) in [6.07, 6.45) is 6.90. The molecule has 1 aromatic rings. The number of aliphatic carboxylic acids is 1. The smallest absolute Gasteiger partial charge is 0.328 e. The lowest BCUT2D eigenvalue weighted by Crippen LogP contribution is -2.29. The Bertz CT molecular complexity index is 490. The van der Waals surface area contributed by atoms with Crippen LogP contribution in [0.3, 0.4) is 0 Å². The van der Waals surface area contributed by atoms with E-state index in [2.05, 4.69) is 24.1 Å². The van der Waals surface area contributed by atoms with Gasteiger partial charge >= 0.3 is 5.97 Å². The number of hydrogen-bond donors (Lipinski definition) is 1. The van der Waals surface area contributed by atoms with Gasteiger partial charge in [0.25, 0.3) is 0 Å². The number of carbonyl (C=O) groups is 1. The molecule has 0 radical (unpaired) electrons. The van der Waals surface area contributed by atoms with Gasteiger partial charge in [-0.1, -0.05) is 12.5 Å². The standard InChI is InChI=1S/C16H21NO2/c1-12-10-15(17(2)11-13-4-3-5-13)8-6-14(12)7-9-16(18)19/h6-10,13H,3-5,11H2,1-2H3,(H,18,19)/b9-7+. The van der Waals surface area contributed by atoms with Crippen molar-refractivity contribution in [2.24, 2.45) is 5.92 Å². The van der Waals surface area contributed by atoms with Crippen molar-refractivity contribution >= 4 is 17.7 Å². The van der Waals surface area contributed by atoms with Gasteiger partial charge in [0.1, 0.15) is 0 Å². The zero-order valence-corrected chi connectivity index (χ0v) is 11.6. The van der Waals surface area contributed by atoms with Gasteiger partial charge in [-0.15, -0.1) is 0 Å². The van der Waals surface area contributed by atoms with Crippen molar-refractivity contribution < 1.29 is 9.90 Å². The Hall–Kier alpha value is -1.77. The average Bonchev–Trinajstić information content (AvgIpc) is 2.31. The summed E-state index contributed by atoms with van der Waals surface area (Å²) in [7, 11) is 2.12. The highest BCUT2D eigenvalue weighted by Crippen LogP contribution is 2.29. The SMILES string of the molecule is Cc1cc(N(C)CC2CCC2)ccc1/C=C/C(=O)O. The maximum atomic E-state index is 10.5. The average molecular weight is 259 g/mol. The quantitative estimate of drug-likeness (QED) is 0.825. The molecule has 0 saturated heterocycles. The highest BCUT2D eigenvalue weighted by atomic mass is 16.4. The molecular weight excluding hydrogens is 238 g/mol. The number of aryl methyl sites for hydroxylation is 1. The highest BCUT2D eigenvalue weighted by molar-refractivity contribution is 5.85. The first kappa shape index (κ1) is 13.7. The number of anilines is 1. The molecule has 0 aliphatic heterocycles. The lowest BCUT2D eigenvalue weighted by molar-refractivity contribution is -0.131. The van der Waals surface area contributed by atoms with E-state index in [9.17, 15) is 4.79 Å². The largest absolute Gasteiger partial charge is 0.478 e. The number of carboxylic acid groups (broad SMARTS) is 1. The molecule has 1 aliphatic rings. The van der Waals surface area contributed by atoms with Gasteiger partial charge in [-0.25, -0.2) is 4.79 Å². The Kier molecular flexibility index (Phi) is 4.25. The minimum absolute atomic E-state index is 0.844. The molecule has 3 heteroatoms. The molecule has 1 aliphatic carbocycles. The fourth-order valence-electron chi connectivity index (χ4n) is 2.41. The van der Waals surface area contributed by atoms with E-state index in [1.54, 1.807) is 6.08 Å². The third-order valence-corrected chi connectivity index (χ3v) is 3.86. The Morgan fingerprint density at radius 3 is 2.74 bits per heavy atom. The van der Waals surface area contributed by atoms with Crippen molar-refractivity contribution in [3.63, 3.8) is 0 Å². The topological polar surface area (TPSA) is 40.5 Å². The van der Waals surface area contributed by atoms with Crippen LogP contribution in [-0.2, 0) is 4.79 Å². The Morgan fingerprint density at radius 1 is 1.47 bits per heavy atom. The second-order valence-electron chi connectivity index (χ2n) is 5.39. The summed E-state index contributed by atoms with van der Waals surface area (Å²) in [4.78, 5) is 12.8. The lowest BCUT2D eigenvalue weighted by Gasteiger charge is -2.31. The molecule has 19 heavy (non-hydrogen) atoms. The number of benzene rings is 1. The van der Waals surface area contributed by atoms with Gasteiger partial charge in [0, 0.05) is 25.4 Å². The first-order valence-electron chi connectivity index (χ1n) is 6.79. The molecule has 1 aromatic carbocycles. The van der Waals surface area contributed by atoms with Crippen molar-refractivity contribution in [1.82, 2.24) is 0 Å². The van der Waals surface area contributed by atoms with Gasteiger partial charge in [0.2, 0.25) is 0 Å². The molecular formula is C16H21NO2. The Labute approximate surface area is 114 Å². The molecule has 1 saturated carbocycles. The highest BCUT2D eigenvalue weighted by Gasteiger charge is 2.19. The molecule has 0 atom stereocenters. The van der Waals surface area contributed by atoms with Crippen molar-refractivity contribution in [3.8, 4) is 0 Å². The fourth-order valence-corrected chi connectivity index (χ4v) is 2.41. The van der Waals surface area contributed by atoms with Crippen molar-refractivity contribution in [1.29, 1.82) is 0 Å². The number of nitrogens with zero attached hydrogens (tertiary/aromatic N) is 1. The zero-order chi connectivity index (χ0) is 13.8.